The van der Waals surface area contributed by atoms with E-state index in [1.165, 1.54) is 0 Å². The number of benzene rings is 2. The van der Waals surface area contributed by atoms with Crippen LogP contribution in [0.3, 0.4) is 0 Å². The molecule has 1 aromatic heterocycles. The molecule has 0 spiro atoms. The maximum atomic E-state index is 12.8. The molecule has 2 heterocycles. The first-order valence-corrected chi connectivity index (χ1v) is 12.5. The molecule has 0 unspecified atom stereocenters. The number of amides is 1. The minimum absolute atomic E-state index is 0.208. The van der Waals surface area contributed by atoms with E-state index in [2.05, 4.69) is 27.3 Å². The van der Waals surface area contributed by atoms with Crippen LogP contribution >= 0.6 is 0 Å². The molecule has 1 N–H and O–H groups in total. The zero-order valence-electron chi connectivity index (χ0n) is 20.2. The van der Waals surface area contributed by atoms with Crippen LogP contribution in [0.1, 0.15) is 53.6 Å². The fraction of sp³-hybridized carbons (Fsp3) is 0.444. The fourth-order valence-corrected chi connectivity index (χ4v) is 4.41. The van der Waals surface area contributed by atoms with Crippen molar-refractivity contribution in [3.8, 4) is 11.4 Å². The molecule has 2 fully saturated rings. The van der Waals surface area contributed by atoms with Crippen molar-refractivity contribution in [2.75, 3.05) is 33.4 Å². The molecule has 2 aliphatic rings. The Kier molecular flexibility index (Phi) is 7.39. The van der Waals surface area contributed by atoms with Gasteiger partial charge in [-0.1, -0.05) is 30.3 Å². The number of ether oxygens (including phenoxy) is 2. The zero-order chi connectivity index (χ0) is 24.0. The van der Waals surface area contributed by atoms with Crippen molar-refractivity contribution in [3.63, 3.8) is 0 Å². The molecule has 8 heteroatoms. The number of aromatic nitrogens is 3. The largest absolute Gasteiger partial charge is 0.492 e. The summed E-state index contributed by atoms with van der Waals surface area (Å²) in [5.41, 5.74) is 1.90. The number of hydrogen-bond acceptors (Lipinski definition) is 6. The third-order valence-corrected chi connectivity index (χ3v) is 6.66. The summed E-state index contributed by atoms with van der Waals surface area (Å²) in [5, 5.41) is 7.48. The van der Waals surface area contributed by atoms with Crippen molar-refractivity contribution >= 4 is 5.91 Å². The Bertz CT molecular complexity index is 1120. The van der Waals surface area contributed by atoms with Gasteiger partial charge in [-0.2, -0.15) is 0 Å². The van der Waals surface area contributed by atoms with Gasteiger partial charge in [0.05, 0.1) is 5.69 Å². The first-order valence-electron chi connectivity index (χ1n) is 12.5. The predicted octanol–water partition coefficient (Wildman–Crippen LogP) is 3.56. The molecule has 5 rings (SSSR count). The van der Waals surface area contributed by atoms with Crippen molar-refractivity contribution in [2.45, 2.75) is 44.2 Å². The molecule has 0 bridgehead atoms. The Balaban J connectivity index is 1.15. The summed E-state index contributed by atoms with van der Waals surface area (Å²) in [6.45, 7) is 3.55. The standard InChI is InChI=1S/C27H33N5O3/c1-31(22-12-15-34-16-13-22)14-17-35-24-9-5-6-20(18-24)19-28-27(33)25-29-26(21-10-11-21)32(30-25)23-7-3-2-4-8-23/h2-9,18,21-22H,10-17,19H2,1H3,(H,28,33). The van der Waals surface area contributed by atoms with Crippen LogP contribution < -0.4 is 10.1 Å². The van der Waals surface area contributed by atoms with E-state index < -0.39 is 0 Å². The van der Waals surface area contributed by atoms with E-state index in [1.54, 1.807) is 4.68 Å². The highest BCUT2D eigenvalue weighted by Gasteiger charge is 2.31. The smallest absolute Gasteiger partial charge is 0.291 e. The van der Waals surface area contributed by atoms with E-state index in [-0.39, 0.29) is 11.7 Å². The summed E-state index contributed by atoms with van der Waals surface area (Å²) in [6, 6.07) is 18.3. The van der Waals surface area contributed by atoms with Gasteiger partial charge in [0.1, 0.15) is 18.2 Å². The Morgan fingerprint density at radius 2 is 1.91 bits per heavy atom. The maximum Gasteiger partial charge on any atom is 0.291 e. The minimum atomic E-state index is -0.272. The van der Waals surface area contributed by atoms with E-state index in [9.17, 15) is 4.79 Å². The second-order valence-electron chi connectivity index (χ2n) is 9.32. The maximum absolute atomic E-state index is 12.8. The molecule has 2 aromatic carbocycles. The summed E-state index contributed by atoms with van der Waals surface area (Å²) >= 11 is 0. The van der Waals surface area contributed by atoms with E-state index in [4.69, 9.17) is 9.47 Å². The van der Waals surface area contributed by atoms with E-state index in [0.717, 1.165) is 68.3 Å². The van der Waals surface area contributed by atoms with Crippen molar-refractivity contribution in [1.29, 1.82) is 0 Å². The second-order valence-corrected chi connectivity index (χ2v) is 9.32. The molecule has 1 aliphatic heterocycles. The lowest BCUT2D eigenvalue weighted by atomic mass is 10.1. The van der Waals surface area contributed by atoms with E-state index >= 15 is 0 Å². The van der Waals surface area contributed by atoms with Gasteiger partial charge < -0.3 is 14.8 Å². The minimum Gasteiger partial charge on any atom is -0.492 e. The lowest BCUT2D eigenvalue weighted by Gasteiger charge is -2.31. The number of nitrogens with zero attached hydrogens (tertiary/aromatic N) is 4. The normalized spacial score (nSPS) is 16.4. The summed E-state index contributed by atoms with van der Waals surface area (Å²) in [6.07, 6.45) is 4.33. The molecule has 1 aliphatic carbocycles. The fourth-order valence-electron chi connectivity index (χ4n) is 4.41. The van der Waals surface area contributed by atoms with Gasteiger partial charge in [-0.25, -0.2) is 9.67 Å². The molecule has 0 atom stereocenters. The third kappa shape index (κ3) is 6.07. The van der Waals surface area contributed by atoms with Gasteiger partial charge >= 0.3 is 0 Å². The van der Waals surface area contributed by atoms with Crippen LogP contribution in [0.5, 0.6) is 5.75 Å². The topological polar surface area (TPSA) is 81.5 Å². The van der Waals surface area contributed by atoms with Crippen LogP contribution in [0.15, 0.2) is 54.6 Å². The van der Waals surface area contributed by atoms with Gasteiger partial charge in [0.2, 0.25) is 5.82 Å². The van der Waals surface area contributed by atoms with Crippen LogP contribution in [0.4, 0.5) is 0 Å². The van der Waals surface area contributed by atoms with E-state index in [1.807, 2.05) is 54.6 Å². The van der Waals surface area contributed by atoms with Crippen molar-refractivity contribution in [1.82, 2.24) is 25.0 Å². The summed E-state index contributed by atoms with van der Waals surface area (Å²) < 4.78 is 13.2. The van der Waals surface area contributed by atoms with Crippen LogP contribution in [0.25, 0.3) is 5.69 Å². The Morgan fingerprint density at radius 1 is 1.11 bits per heavy atom. The molecule has 8 nitrogen and oxygen atoms in total. The van der Waals surface area contributed by atoms with E-state index in [0.29, 0.717) is 25.1 Å². The van der Waals surface area contributed by atoms with Crippen molar-refractivity contribution in [3.05, 3.63) is 71.8 Å². The average Bonchev–Trinajstić information content (AvgIpc) is 3.66. The summed E-state index contributed by atoms with van der Waals surface area (Å²) in [7, 11) is 2.15. The number of nitrogens with one attached hydrogen (secondary N) is 1. The van der Waals surface area contributed by atoms with Gasteiger partial charge in [-0.05, 0) is 62.6 Å². The SMILES string of the molecule is CN(CCOc1cccc(CNC(=O)c2nc(C3CC3)n(-c3ccccc3)n2)c1)C1CCOCC1. The molecular formula is C27H33N5O3. The van der Waals surface area contributed by atoms with Crippen LogP contribution in [0, 0.1) is 0 Å². The van der Waals surface area contributed by atoms with Crippen LogP contribution in [-0.4, -0.2) is 65.0 Å². The molecule has 0 radical (unpaired) electrons. The number of carbonyl (C=O) groups is 1. The molecule has 3 aromatic rings. The number of para-hydroxylation sites is 1. The average molecular weight is 476 g/mol. The van der Waals surface area contributed by atoms with Gasteiger partial charge in [0.15, 0.2) is 0 Å². The second kappa shape index (κ2) is 11.0. The Labute approximate surface area is 206 Å². The lowest BCUT2D eigenvalue weighted by molar-refractivity contribution is 0.0392. The first-order chi connectivity index (χ1) is 17.2. The Morgan fingerprint density at radius 3 is 2.69 bits per heavy atom. The van der Waals surface area contributed by atoms with Crippen molar-refractivity contribution < 1.29 is 14.3 Å². The lowest BCUT2D eigenvalue weighted by Crippen LogP contribution is -2.38. The zero-order valence-corrected chi connectivity index (χ0v) is 20.2. The highest BCUT2D eigenvalue weighted by molar-refractivity contribution is 5.90. The van der Waals surface area contributed by atoms with Gasteiger partial charge in [0.25, 0.3) is 5.91 Å². The van der Waals surface area contributed by atoms with Gasteiger partial charge in [-0.3, -0.25) is 9.69 Å². The highest BCUT2D eigenvalue weighted by atomic mass is 16.5. The molecule has 184 valence electrons. The quantitative estimate of drug-likeness (QED) is 0.483. The number of likely N-dealkylation sites (N-methyl/N-ethyl adjacent to an activating group) is 1. The number of hydrogen-bond donors (Lipinski definition) is 1. The van der Waals surface area contributed by atoms with Crippen LogP contribution in [-0.2, 0) is 11.3 Å². The molecule has 1 amide bonds. The molecule has 1 saturated heterocycles. The van der Waals surface area contributed by atoms with Crippen molar-refractivity contribution in [2.24, 2.45) is 0 Å². The van der Waals surface area contributed by atoms with Crippen LogP contribution in [0.2, 0.25) is 0 Å². The first kappa shape index (κ1) is 23.5. The molecular weight excluding hydrogens is 442 g/mol. The van der Waals surface area contributed by atoms with Gasteiger partial charge in [0, 0.05) is 38.3 Å². The highest BCUT2D eigenvalue weighted by Crippen LogP contribution is 2.39. The number of carbonyl (C=O) groups excluding carboxylic acids is 1. The monoisotopic (exact) mass is 475 g/mol. The predicted molar refractivity (Wildman–Crippen MR) is 133 cm³/mol. The van der Waals surface area contributed by atoms with Gasteiger partial charge in [-0.15, -0.1) is 5.10 Å². The summed E-state index contributed by atoms with van der Waals surface area (Å²) in [4.78, 5) is 19.8. The Hall–Kier alpha value is -3.23. The third-order valence-electron chi connectivity index (χ3n) is 6.66. The summed E-state index contributed by atoms with van der Waals surface area (Å²) in [5.74, 6) is 1.98. The number of rotatable bonds is 10. The molecule has 35 heavy (non-hydrogen) atoms. The molecule has 1 saturated carbocycles.